The summed E-state index contributed by atoms with van der Waals surface area (Å²) in [6.45, 7) is 17.3. The number of rotatable bonds is 6. The largest absolute Gasteiger partial charge is 0.336 e. The smallest absolute Gasteiger partial charge is 0.228 e. The second-order valence-corrected chi connectivity index (χ2v) is 15.1. The zero-order valence-corrected chi connectivity index (χ0v) is 28.2. The minimum absolute atomic E-state index is 0.0412. The fourth-order valence-corrected chi connectivity index (χ4v) is 8.54. The average molecular weight is 628 g/mol. The molecule has 5 rings (SSSR count). The van der Waals surface area contributed by atoms with E-state index in [1.165, 1.54) is 17.7 Å². The van der Waals surface area contributed by atoms with E-state index in [1.54, 1.807) is 6.92 Å². The third-order valence-electron chi connectivity index (χ3n) is 10.5. The standard InChI is InChI=1S/C36H48ClF2N3O2/c1-20(2)41(23(5)43)22(4)29-13-21(3)33(37)17-30(29)24-14-26-10-11-27(15-24)42(26)35(44)32-19-40(36(6,7)8)18-31(32)28-12-9-25(38)16-34(28)39/h9,12-13,16-17,20,22,24,26-27,31-32H,10-11,14-15,18-19H2,1-8H3/t22?,24?,26?,27?,31-,32+/m0/s1. The van der Waals surface area contributed by atoms with Gasteiger partial charge in [0, 0.05) is 60.7 Å². The SMILES string of the molecule is CC(=O)N(C(C)C)C(C)c1cc(C)c(Cl)cc1C1CC2CCC(C1)N2C(=O)[C@@H]1CN(C(C)(C)C)C[C@H]1c1ccc(F)cc1F. The molecule has 3 aliphatic rings. The predicted octanol–water partition coefficient (Wildman–Crippen LogP) is 8.00. The molecule has 0 aromatic heterocycles. The highest BCUT2D eigenvalue weighted by molar-refractivity contribution is 6.31. The van der Waals surface area contributed by atoms with Gasteiger partial charge in [-0.05, 0) is 114 Å². The number of amides is 2. The number of benzene rings is 2. The second-order valence-electron chi connectivity index (χ2n) is 14.7. The van der Waals surface area contributed by atoms with E-state index >= 15 is 4.39 Å². The Morgan fingerprint density at radius 3 is 2.16 bits per heavy atom. The molecule has 240 valence electrons. The van der Waals surface area contributed by atoms with E-state index in [-0.39, 0.29) is 53.4 Å². The van der Waals surface area contributed by atoms with Crippen molar-refractivity contribution in [1.82, 2.24) is 14.7 Å². The molecule has 5 nitrogen and oxygen atoms in total. The summed E-state index contributed by atoms with van der Waals surface area (Å²) in [5.74, 6) is -1.57. The summed E-state index contributed by atoms with van der Waals surface area (Å²) in [5, 5.41) is 0.720. The van der Waals surface area contributed by atoms with Gasteiger partial charge in [-0.25, -0.2) is 8.78 Å². The topological polar surface area (TPSA) is 43.9 Å². The second kappa shape index (κ2) is 12.4. The van der Waals surface area contributed by atoms with Crippen LogP contribution in [0.25, 0.3) is 0 Å². The molecule has 3 unspecified atom stereocenters. The van der Waals surface area contributed by atoms with E-state index in [2.05, 4.69) is 49.6 Å². The minimum atomic E-state index is -0.607. The van der Waals surface area contributed by atoms with Gasteiger partial charge < -0.3 is 9.80 Å². The summed E-state index contributed by atoms with van der Waals surface area (Å²) < 4.78 is 28.9. The van der Waals surface area contributed by atoms with Gasteiger partial charge in [-0.15, -0.1) is 0 Å². The number of nitrogens with zero attached hydrogens (tertiary/aromatic N) is 3. The summed E-state index contributed by atoms with van der Waals surface area (Å²) in [6.07, 6.45) is 3.53. The third kappa shape index (κ3) is 6.16. The number of carbonyl (C=O) groups excluding carboxylic acids is 2. The van der Waals surface area contributed by atoms with Crippen LogP contribution in [0, 0.1) is 24.5 Å². The van der Waals surface area contributed by atoms with Crippen LogP contribution in [0.1, 0.15) is 114 Å². The first kappa shape index (κ1) is 32.9. The fourth-order valence-electron chi connectivity index (χ4n) is 8.37. The molecule has 2 amide bonds. The van der Waals surface area contributed by atoms with Gasteiger partial charge in [0.25, 0.3) is 0 Å². The Morgan fingerprint density at radius 2 is 1.61 bits per heavy atom. The Labute approximate surface area is 266 Å². The van der Waals surface area contributed by atoms with Crippen molar-refractivity contribution in [3.63, 3.8) is 0 Å². The summed E-state index contributed by atoms with van der Waals surface area (Å²) in [5.41, 5.74) is 3.53. The van der Waals surface area contributed by atoms with Gasteiger partial charge in [-0.3, -0.25) is 14.5 Å². The maximum absolute atomic E-state index is 15.1. The normalized spacial score (nSPS) is 26.4. The van der Waals surface area contributed by atoms with Crippen LogP contribution in [0.3, 0.4) is 0 Å². The van der Waals surface area contributed by atoms with Gasteiger partial charge in [0.1, 0.15) is 11.6 Å². The van der Waals surface area contributed by atoms with Crippen LogP contribution in [-0.4, -0.2) is 63.3 Å². The van der Waals surface area contributed by atoms with Crippen LogP contribution < -0.4 is 0 Å². The number of likely N-dealkylation sites (tertiary alicyclic amines) is 1. The molecule has 3 aliphatic heterocycles. The van der Waals surface area contributed by atoms with Crippen molar-refractivity contribution in [2.24, 2.45) is 5.92 Å². The third-order valence-corrected chi connectivity index (χ3v) is 10.9. The molecule has 2 bridgehead atoms. The van der Waals surface area contributed by atoms with Crippen LogP contribution in [0.4, 0.5) is 8.78 Å². The molecule has 0 N–H and O–H groups in total. The van der Waals surface area contributed by atoms with Crippen molar-refractivity contribution in [2.45, 2.75) is 123 Å². The zero-order chi connectivity index (χ0) is 32.2. The van der Waals surface area contributed by atoms with E-state index in [9.17, 15) is 14.0 Å². The molecule has 44 heavy (non-hydrogen) atoms. The Kier molecular flexibility index (Phi) is 9.23. The van der Waals surface area contributed by atoms with E-state index in [0.717, 1.165) is 47.9 Å². The molecule has 0 aliphatic carbocycles. The Hall–Kier alpha value is -2.51. The number of carbonyl (C=O) groups is 2. The number of hydrogen-bond donors (Lipinski definition) is 0. The lowest BCUT2D eigenvalue weighted by atomic mass is 9.79. The molecule has 0 saturated carbocycles. The van der Waals surface area contributed by atoms with Crippen LogP contribution >= 0.6 is 11.6 Å². The maximum Gasteiger partial charge on any atom is 0.228 e. The van der Waals surface area contributed by atoms with Crippen molar-refractivity contribution in [1.29, 1.82) is 0 Å². The summed E-state index contributed by atoms with van der Waals surface area (Å²) >= 11 is 6.71. The van der Waals surface area contributed by atoms with Crippen LogP contribution in [0.15, 0.2) is 30.3 Å². The average Bonchev–Trinajstić information content (AvgIpc) is 3.48. The lowest BCUT2D eigenvalue weighted by Gasteiger charge is -2.42. The van der Waals surface area contributed by atoms with E-state index in [1.807, 2.05) is 25.7 Å². The van der Waals surface area contributed by atoms with Crippen LogP contribution in [0.2, 0.25) is 5.02 Å². The molecule has 2 aromatic rings. The quantitative estimate of drug-likeness (QED) is 0.326. The Morgan fingerprint density at radius 1 is 0.977 bits per heavy atom. The monoisotopic (exact) mass is 627 g/mol. The lowest BCUT2D eigenvalue weighted by Crippen LogP contribution is -2.50. The van der Waals surface area contributed by atoms with Crippen LogP contribution in [-0.2, 0) is 9.59 Å². The first-order valence-corrected chi connectivity index (χ1v) is 16.6. The van der Waals surface area contributed by atoms with Gasteiger partial charge in [0.05, 0.1) is 12.0 Å². The molecule has 5 atom stereocenters. The van der Waals surface area contributed by atoms with Crippen molar-refractivity contribution in [3.8, 4) is 0 Å². The van der Waals surface area contributed by atoms with Crippen molar-refractivity contribution in [2.75, 3.05) is 13.1 Å². The van der Waals surface area contributed by atoms with Gasteiger partial charge in [-0.2, -0.15) is 0 Å². The fraction of sp³-hybridized carbons (Fsp3) is 0.611. The van der Waals surface area contributed by atoms with E-state index in [4.69, 9.17) is 11.6 Å². The molecule has 3 heterocycles. The van der Waals surface area contributed by atoms with Crippen molar-refractivity contribution >= 4 is 23.4 Å². The number of piperidine rings is 1. The molecule has 3 fully saturated rings. The van der Waals surface area contributed by atoms with Gasteiger partial charge in [-0.1, -0.05) is 23.7 Å². The molecule has 3 saturated heterocycles. The highest BCUT2D eigenvalue weighted by Gasteiger charge is 2.50. The van der Waals surface area contributed by atoms with E-state index in [0.29, 0.717) is 18.7 Å². The first-order valence-electron chi connectivity index (χ1n) is 16.2. The number of fused-ring (bicyclic) bond motifs is 2. The highest BCUT2D eigenvalue weighted by Crippen LogP contribution is 2.48. The lowest BCUT2D eigenvalue weighted by molar-refractivity contribution is -0.140. The Balaban J connectivity index is 1.44. The predicted molar refractivity (Wildman–Crippen MR) is 172 cm³/mol. The summed E-state index contributed by atoms with van der Waals surface area (Å²) in [7, 11) is 0. The van der Waals surface area contributed by atoms with Gasteiger partial charge in [0.15, 0.2) is 0 Å². The highest BCUT2D eigenvalue weighted by atomic mass is 35.5. The van der Waals surface area contributed by atoms with Gasteiger partial charge in [0.2, 0.25) is 11.8 Å². The van der Waals surface area contributed by atoms with Crippen molar-refractivity contribution in [3.05, 3.63) is 69.2 Å². The van der Waals surface area contributed by atoms with Crippen molar-refractivity contribution < 1.29 is 18.4 Å². The molecule has 0 spiro atoms. The molecule has 2 aromatic carbocycles. The maximum atomic E-state index is 15.1. The van der Waals surface area contributed by atoms with Gasteiger partial charge >= 0.3 is 0 Å². The molecule has 8 heteroatoms. The summed E-state index contributed by atoms with van der Waals surface area (Å²) in [6, 6.07) is 8.11. The zero-order valence-electron chi connectivity index (χ0n) is 27.5. The van der Waals surface area contributed by atoms with E-state index < -0.39 is 17.6 Å². The first-order chi connectivity index (χ1) is 20.6. The number of aryl methyl sites for hydroxylation is 1. The Bertz CT molecular complexity index is 1410. The van der Waals surface area contributed by atoms with Crippen LogP contribution in [0.5, 0.6) is 0 Å². The molecule has 0 radical (unpaired) electrons. The minimum Gasteiger partial charge on any atom is -0.336 e. The number of hydrogen-bond acceptors (Lipinski definition) is 3. The molecular weight excluding hydrogens is 580 g/mol. The molecular formula is C36H48ClF2N3O2. The number of halogens is 3. The summed E-state index contributed by atoms with van der Waals surface area (Å²) in [4.78, 5) is 33.5.